The van der Waals surface area contributed by atoms with Crippen LogP contribution in [0.4, 0.5) is 5.69 Å². The summed E-state index contributed by atoms with van der Waals surface area (Å²) in [6.07, 6.45) is 0.294. The number of carbonyl (C=O) groups excluding carboxylic acids is 1. The second-order valence-corrected chi connectivity index (χ2v) is 7.75. The summed E-state index contributed by atoms with van der Waals surface area (Å²) in [6.45, 7) is 2.47. The minimum Gasteiger partial charge on any atom is -0.339 e. The van der Waals surface area contributed by atoms with Gasteiger partial charge in [-0.1, -0.05) is 22.9 Å². The topological polar surface area (TPSA) is 114 Å². The van der Waals surface area contributed by atoms with Gasteiger partial charge in [0, 0.05) is 31.3 Å². The van der Waals surface area contributed by atoms with Crippen molar-refractivity contribution in [2.75, 3.05) is 11.4 Å². The van der Waals surface area contributed by atoms with E-state index in [9.17, 15) is 14.4 Å². The quantitative estimate of drug-likeness (QED) is 0.511. The number of nitrogens with one attached hydrogen (secondary N) is 1. The SMILES string of the molecule is Cc1ccc(N2C[C@@H](c3nc(-c4ccc5c(c4)[nH]c(=O)c(=O)n5C)no3)CC2=O)cc1. The van der Waals surface area contributed by atoms with Crippen molar-refractivity contribution < 1.29 is 9.32 Å². The first-order valence-electron chi connectivity index (χ1n) is 9.85. The van der Waals surface area contributed by atoms with Crippen molar-refractivity contribution in [2.24, 2.45) is 7.05 Å². The second kappa shape index (κ2) is 7.05. The van der Waals surface area contributed by atoms with E-state index in [2.05, 4.69) is 15.1 Å². The molecule has 1 aliphatic rings. The van der Waals surface area contributed by atoms with E-state index in [1.165, 1.54) is 4.57 Å². The zero-order valence-electron chi connectivity index (χ0n) is 17.0. The van der Waals surface area contributed by atoms with Crippen molar-refractivity contribution >= 4 is 22.6 Å². The van der Waals surface area contributed by atoms with E-state index in [0.717, 1.165) is 11.3 Å². The van der Waals surface area contributed by atoms with Crippen molar-refractivity contribution in [3.05, 3.63) is 74.6 Å². The van der Waals surface area contributed by atoms with Crippen LogP contribution in [0.2, 0.25) is 0 Å². The average Bonchev–Trinajstić information content (AvgIpc) is 3.39. The van der Waals surface area contributed by atoms with Crippen molar-refractivity contribution in [3.8, 4) is 11.4 Å². The summed E-state index contributed by atoms with van der Waals surface area (Å²) in [5.41, 5.74) is 2.39. The molecular weight excluding hydrogens is 398 g/mol. The molecule has 1 aliphatic heterocycles. The summed E-state index contributed by atoms with van der Waals surface area (Å²) >= 11 is 0. The third-order valence-corrected chi connectivity index (χ3v) is 5.62. The lowest BCUT2D eigenvalue weighted by Gasteiger charge is -2.16. The smallest absolute Gasteiger partial charge is 0.316 e. The molecule has 0 spiro atoms. The molecule has 0 unspecified atom stereocenters. The van der Waals surface area contributed by atoms with E-state index >= 15 is 0 Å². The molecule has 1 atom stereocenters. The van der Waals surface area contributed by atoms with Gasteiger partial charge in [-0.3, -0.25) is 14.4 Å². The van der Waals surface area contributed by atoms with Crippen LogP contribution in [0.5, 0.6) is 0 Å². The summed E-state index contributed by atoms with van der Waals surface area (Å²) in [5.74, 6) is 0.564. The van der Waals surface area contributed by atoms with Crippen molar-refractivity contribution in [1.82, 2.24) is 19.7 Å². The predicted molar refractivity (Wildman–Crippen MR) is 114 cm³/mol. The number of aryl methyl sites for hydroxylation is 2. The molecule has 1 N–H and O–H groups in total. The molecule has 0 saturated carbocycles. The maximum Gasteiger partial charge on any atom is 0.316 e. The molecule has 0 bridgehead atoms. The molecule has 0 aliphatic carbocycles. The lowest BCUT2D eigenvalue weighted by molar-refractivity contribution is -0.117. The summed E-state index contributed by atoms with van der Waals surface area (Å²) in [4.78, 5) is 44.9. The molecule has 2 aromatic carbocycles. The van der Waals surface area contributed by atoms with Crippen LogP contribution in [0, 0.1) is 6.92 Å². The number of fused-ring (bicyclic) bond motifs is 1. The highest BCUT2D eigenvalue weighted by atomic mass is 16.5. The summed E-state index contributed by atoms with van der Waals surface area (Å²) in [5, 5.41) is 4.06. The van der Waals surface area contributed by atoms with E-state index < -0.39 is 11.1 Å². The van der Waals surface area contributed by atoms with Gasteiger partial charge in [-0.15, -0.1) is 0 Å². The standard InChI is InChI=1S/C22H19N5O4/c1-12-3-6-15(7-4-12)27-11-14(10-18(27)28)21-24-19(25-31-21)13-5-8-17-16(9-13)23-20(29)22(30)26(17)2/h3-9,14H,10-11H2,1-2H3,(H,23,29)/t14-/m0/s1. The monoisotopic (exact) mass is 417 g/mol. The highest BCUT2D eigenvalue weighted by Gasteiger charge is 2.35. The van der Waals surface area contributed by atoms with E-state index in [4.69, 9.17) is 4.52 Å². The van der Waals surface area contributed by atoms with E-state index in [1.54, 1.807) is 30.1 Å². The zero-order chi connectivity index (χ0) is 21.7. The fraction of sp³-hybridized carbons (Fsp3) is 0.227. The van der Waals surface area contributed by atoms with Gasteiger partial charge in [-0.25, -0.2) is 0 Å². The predicted octanol–water partition coefficient (Wildman–Crippen LogP) is 2.11. The Morgan fingerprint density at radius 2 is 1.87 bits per heavy atom. The van der Waals surface area contributed by atoms with Crippen molar-refractivity contribution in [3.63, 3.8) is 0 Å². The molecule has 31 heavy (non-hydrogen) atoms. The lowest BCUT2D eigenvalue weighted by atomic mass is 10.1. The first-order chi connectivity index (χ1) is 14.9. The van der Waals surface area contributed by atoms with Crippen LogP contribution in [0.15, 0.2) is 56.6 Å². The van der Waals surface area contributed by atoms with Gasteiger partial charge in [0.15, 0.2) is 0 Å². The molecule has 1 fully saturated rings. The first-order valence-corrected chi connectivity index (χ1v) is 9.85. The maximum absolute atomic E-state index is 12.5. The van der Waals surface area contributed by atoms with E-state index in [1.807, 2.05) is 31.2 Å². The van der Waals surface area contributed by atoms with Crippen LogP contribution in [-0.2, 0) is 11.8 Å². The summed E-state index contributed by atoms with van der Waals surface area (Å²) in [6, 6.07) is 13.0. The van der Waals surface area contributed by atoms with Crippen LogP contribution in [0.3, 0.4) is 0 Å². The molecule has 5 rings (SSSR count). The molecular formula is C22H19N5O4. The number of rotatable bonds is 3. The average molecular weight is 417 g/mol. The summed E-state index contributed by atoms with van der Waals surface area (Å²) < 4.78 is 6.76. The van der Waals surface area contributed by atoms with Crippen LogP contribution in [-0.4, -0.2) is 32.1 Å². The van der Waals surface area contributed by atoms with E-state index in [-0.39, 0.29) is 11.8 Å². The third kappa shape index (κ3) is 3.24. The number of nitrogens with zero attached hydrogens (tertiary/aromatic N) is 4. The Kier molecular flexibility index (Phi) is 4.32. The number of carbonyl (C=O) groups is 1. The van der Waals surface area contributed by atoms with Gasteiger partial charge in [-0.05, 0) is 37.3 Å². The molecule has 1 saturated heterocycles. The number of amides is 1. The minimum atomic E-state index is -0.693. The molecule has 2 aromatic heterocycles. The molecule has 0 radical (unpaired) electrons. The number of H-pyrrole nitrogens is 1. The van der Waals surface area contributed by atoms with Gasteiger partial charge in [0.2, 0.25) is 17.6 Å². The van der Waals surface area contributed by atoms with Crippen molar-refractivity contribution in [2.45, 2.75) is 19.3 Å². The highest BCUT2D eigenvalue weighted by molar-refractivity contribution is 5.96. The zero-order valence-corrected chi connectivity index (χ0v) is 17.0. The second-order valence-electron chi connectivity index (χ2n) is 7.75. The van der Waals surface area contributed by atoms with Gasteiger partial charge in [0.05, 0.1) is 17.0 Å². The lowest BCUT2D eigenvalue weighted by Crippen LogP contribution is -2.34. The molecule has 156 valence electrons. The Bertz CT molecular complexity index is 1430. The number of aromatic nitrogens is 4. The number of hydrogen-bond donors (Lipinski definition) is 1. The minimum absolute atomic E-state index is 0.0119. The van der Waals surface area contributed by atoms with Gasteiger partial charge < -0.3 is 19.0 Å². The molecule has 4 aromatic rings. The fourth-order valence-electron chi connectivity index (χ4n) is 3.87. The largest absolute Gasteiger partial charge is 0.339 e. The Morgan fingerprint density at radius 1 is 1.10 bits per heavy atom. The van der Waals surface area contributed by atoms with Gasteiger partial charge in [-0.2, -0.15) is 4.98 Å². The Morgan fingerprint density at radius 3 is 2.65 bits per heavy atom. The maximum atomic E-state index is 12.5. The van der Waals surface area contributed by atoms with Gasteiger partial charge in [0.1, 0.15) is 0 Å². The highest BCUT2D eigenvalue weighted by Crippen LogP contribution is 2.32. The summed E-state index contributed by atoms with van der Waals surface area (Å²) in [7, 11) is 1.54. The van der Waals surface area contributed by atoms with Crippen molar-refractivity contribution in [1.29, 1.82) is 0 Å². The molecule has 1 amide bonds. The third-order valence-electron chi connectivity index (χ3n) is 5.62. The molecule has 9 nitrogen and oxygen atoms in total. The van der Waals surface area contributed by atoms with Crippen LogP contribution in [0.25, 0.3) is 22.4 Å². The first kappa shape index (κ1) is 19.0. The number of benzene rings is 2. The Balaban J connectivity index is 1.43. The normalized spacial score (nSPS) is 16.4. The van der Waals surface area contributed by atoms with Crippen LogP contribution < -0.4 is 16.0 Å². The molecule has 9 heteroatoms. The Hall–Kier alpha value is -4.01. The van der Waals surface area contributed by atoms with E-state index in [0.29, 0.717) is 41.3 Å². The number of anilines is 1. The van der Waals surface area contributed by atoms with Gasteiger partial charge >= 0.3 is 11.1 Å². The number of hydrogen-bond acceptors (Lipinski definition) is 6. The number of aromatic amines is 1. The van der Waals surface area contributed by atoms with Crippen LogP contribution in [0.1, 0.15) is 23.8 Å². The fourth-order valence-corrected chi connectivity index (χ4v) is 3.87. The van der Waals surface area contributed by atoms with Gasteiger partial charge in [0.25, 0.3) is 0 Å². The Labute approximate surface area is 175 Å². The molecule has 3 heterocycles. The van der Waals surface area contributed by atoms with Crippen LogP contribution >= 0.6 is 0 Å².